The number of nitrogens with zero attached hydrogens (tertiary/aromatic N) is 2. The molecule has 1 atom stereocenters. The van der Waals surface area contributed by atoms with Gasteiger partial charge in [-0.15, -0.1) is 0 Å². The summed E-state index contributed by atoms with van der Waals surface area (Å²) in [5, 5.41) is 7.72. The van der Waals surface area contributed by atoms with E-state index >= 15 is 0 Å². The van der Waals surface area contributed by atoms with Gasteiger partial charge in [0.15, 0.2) is 6.61 Å². The summed E-state index contributed by atoms with van der Waals surface area (Å²) >= 11 is 5.89. The van der Waals surface area contributed by atoms with Gasteiger partial charge in [0.2, 0.25) is 0 Å². The average Bonchev–Trinajstić information content (AvgIpc) is 3.24. The highest BCUT2D eigenvalue weighted by molar-refractivity contribution is 6.30. The predicted molar refractivity (Wildman–Crippen MR) is 99.7 cm³/mol. The van der Waals surface area contributed by atoms with E-state index in [-0.39, 0.29) is 18.5 Å². The first kappa shape index (κ1) is 18.2. The summed E-state index contributed by atoms with van der Waals surface area (Å²) in [5.74, 6) is -0.00572. The molecule has 0 radical (unpaired) electrons. The van der Waals surface area contributed by atoms with Gasteiger partial charge in [-0.2, -0.15) is 5.10 Å². The molecule has 1 aromatic heterocycles. The second kappa shape index (κ2) is 8.19. The number of ether oxygens (including phenoxy) is 1. The normalized spacial score (nSPS) is 15.8. The Morgan fingerprint density at radius 3 is 2.81 bits per heavy atom. The third-order valence-corrected chi connectivity index (χ3v) is 4.44. The summed E-state index contributed by atoms with van der Waals surface area (Å²) in [6.07, 6.45) is 6.36. The first-order valence-electron chi connectivity index (χ1n) is 8.43. The van der Waals surface area contributed by atoms with Crippen molar-refractivity contribution in [2.75, 3.05) is 11.9 Å². The van der Waals surface area contributed by atoms with Crippen LogP contribution in [0.1, 0.15) is 19.3 Å². The number of hydrogen-bond donors (Lipinski definition) is 1. The first-order valence-corrected chi connectivity index (χ1v) is 8.81. The van der Waals surface area contributed by atoms with Crippen LogP contribution in [-0.4, -0.2) is 28.3 Å². The van der Waals surface area contributed by atoms with E-state index in [1.165, 1.54) is 0 Å². The van der Waals surface area contributed by atoms with Gasteiger partial charge in [-0.25, -0.2) is 0 Å². The molecule has 136 valence electrons. The number of allylic oxidation sites excluding steroid dienone is 2. The minimum absolute atomic E-state index is 0.226. The molecule has 7 heteroatoms. The third-order valence-electron chi connectivity index (χ3n) is 4.19. The number of aryl methyl sites for hydroxylation is 1. The Morgan fingerprint density at radius 2 is 2.12 bits per heavy atom. The highest BCUT2D eigenvalue weighted by atomic mass is 35.5. The fourth-order valence-corrected chi connectivity index (χ4v) is 2.94. The molecule has 0 saturated carbocycles. The van der Waals surface area contributed by atoms with Crippen molar-refractivity contribution < 1.29 is 14.3 Å². The summed E-state index contributed by atoms with van der Waals surface area (Å²) in [6, 6.07) is 9.03. The molecule has 6 nitrogen and oxygen atoms in total. The number of rotatable bonds is 6. The minimum atomic E-state index is -0.397. The molecule has 3 rings (SSSR count). The summed E-state index contributed by atoms with van der Waals surface area (Å²) in [4.78, 5) is 23.8. The zero-order chi connectivity index (χ0) is 18.5. The largest absolute Gasteiger partial charge is 0.456 e. The maximum Gasteiger partial charge on any atom is 0.306 e. The monoisotopic (exact) mass is 373 g/mol. The van der Waals surface area contributed by atoms with E-state index in [0.717, 1.165) is 18.4 Å². The smallest absolute Gasteiger partial charge is 0.306 e. The van der Waals surface area contributed by atoms with E-state index in [1.54, 1.807) is 29.9 Å². The number of nitrogens with one attached hydrogen (secondary N) is 1. The van der Waals surface area contributed by atoms with Crippen LogP contribution in [0, 0.1) is 5.92 Å². The molecule has 0 unspecified atom stereocenters. The van der Waals surface area contributed by atoms with E-state index in [1.807, 2.05) is 18.2 Å². The second-order valence-corrected chi connectivity index (χ2v) is 6.66. The molecule has 1 aliphatic rings. The highest BCUT2D eigenvalue weighted by Gasteiger charge is 2.16. The second-order valence-electron chi connectivity index (χ2n) is 6.22. The number of benzene rings is 1. The van der Waals surface area contributed by atoms with Gasteiger partial charge in [0.25, 0.3) is 5.91 Å². The van der Waals surface area contributed by atoms with Gasteiger partial charge in [-0.05, 0) is 30.9 Å². The van der Waals surface area contributed by atoms with Crippen molar-refractivity contribution >= 4 is 29.3 Å². The van der Waals surface area contributed by atoms with Crippen molar-refractivity contribution in [2.24, 2.45) is 13.0 Å². The molecule has 1 aliphatic carbocycles. The number of amides is 1. The zero-order valence-corrected chi connectivity index (χ0v) is 15.2. The van der Waals surface area contributed by atoms with Crippen LogP contribution in [0.25, 0.3) is 11.3 Å². The minimum Gasteiger partial charge on any atom is -0.456 e. The number of carbonyl (C=O) groups excluding carboxylic acids is 2. The molecule has 0 aliphatic heterocycles. The fraction of sp³-hybridized carbons (Fsp3) is 0.316. The van der Waals surface area contributed by atoms with Gasteiger partial charge < -0.3 is 10.1 Å². The summed E-state index contributed by atoms with van der Waals surface area (Å²) in [5.41, 5.74) is 1.60. The molecular formula is C19H20ClN3O3. The molecule has 1 N–H and O–H groups in total. The van der Waals surface area contributed by atoms with Crippen LogP contribution in [0.3, 0.4) is 0 Å². The molecule has 0 saturated heterocycles. The molecular weight excluding hydrogens is 354 g/mol. The van der Waals surface area contributed by atoms with Crippen LogP contribution >= 0.6 is 11.6 Å². The van der Waals surface area contributed by atoms with E-state index in [4.69, 9.17) is 16.3 Å². The number of carbonyl (C=O) groups is 2. The summed E-state index contributed by atoms with van der Waals surface area (Å²) in [6.45, 7) is -0.309. The van der Waals surface area contributed by atoms with Gasteiger partial charge in [0, 0.05) is 23.7 Å². The Bertz CT molecular complexity index is 827. The maximum absolute atomic E-state index is 12.0. The van der Waals surface area contributed by atoms with Crippen LogP contribution in [0.2, 0.25) is 5.02 Å². The van der Waals surface area contributed by atoms with Crippen molar-refractivity contribution in [3.05, 3.63) is 47.5 Å². The quantitative estimate of drug-likeness (QED) is 0.620. The Morgan fingerprint density at radius 1 is 1.35 bits per heavy atom. The fourth-order valence-electron chi connectivity index (χ4n) is 2.81. The van der Waals surface area contributed by atoms with Crippen molar-refractivity contribution in [3.63, 3.8) is 0 Å². The lowest BCUT2D eigenvalue weighted by molar-refractivity contribution is -0.147. The number of anilines is 1. The Kier molecular flexibility index (Phi) is 5.73. The van der Waals surface area contributed by atoms with Crippen molar-refractivity contribution in [1.29, 1.82) is 0 Å². The van der Waals surface area contributed by atoms with Gasteiger partial charge >= 0.3 is 5.97 Å². The predicted octanol–water partition coefficient (Wildman–Crippen LogP) is 3.58. The van der Waals surface area contributed by atoms with Crippen LogP contribution in [0.15, 0.2) is 42.5 Å². The van der Waals surface area contributed by atoms with E-state index in [2.05, 4.69) is 16.5 Å². The number of hydrogen-bond acceptors (Lipinski definition) is 4. The third kappa shape index (κ3) is 4.73. The van der Waals surface area contributed by atoms with Gasteiger partial charge in [-0.3, -0.25) is 14.3 Å². The zero-order valence-electron chi connectivity index (χ0n) is 14.4. The van der Waals surface area contributed by atoms with Crippen LogP contribution < -0.4 is 5.32 Å². The lowest BCUT2D eigenvalue weighted by Gasteiger charge is -2.08. The van der Waals surface area contributed by atoms with E-state index in [9.17, 15) is 9.59 Å². The molecule has 1 amide bonds. The molecule has 0 spiro atoms. The molecule has 1 heterocycles. The van der Waals surface area contributed by atoms with Crippen molar-refractivity contribution in [2.45, 2.75) is 19.3 Å². The maximum atomic E-state index is 12.0. The Hall–Kier alpha value is -2.60. The van der Waals surface area contributed by atoms with E-state index < -0.39 is 5.91 Å². The lowest BCUT2D eigenvalue weighted by Crippen LogP contribution is -2.22. The van der Waals surface area contributed by atoms with Crippen LogP contribution in [0.5, 0.6) is 0 Å². The van der Waals surface area contributed by atoms with Crippen LogP contribution in [0.4, 0.5) is 5.82 Å². The van der Waals surface area contributed by atoms with Gasteiger partial charge in [-0.1, -0.05) is 35.9 Å². The topological polar surface area (TPSA) is 73.2 Å². The standard InChI is InChI=1S/C19H20ClN3O3/c1-23-17(11-16(22-23)14-6-8-15(20)9-7-14)21-18(24)12-26-19(25)10-13-4-2-3-5-13/h2,4,6-9,11,13H,3,5,10,12H2,1H3,(H,21,24)/t13-/m0/s1. The van der Waals surface area contributed by atoms with E-state index in [0.29, 0.717) is 23.0 Å². The molecule has 26 heavy (non-hydrogen) atoms. The van der Waals surface area contributed by atoms with Crippen molar-refractivity contribution in [3.8, 4) is 11.3 Å². The number of halogens is 1. The number of aromatic nitrogens is 2. The lowest BCUT2D eigenvalue weighted by atomic mass is 10.1. The van der Waals surface area contributed by atoms with Crippen LogP contribution in [-0.2, 0) is 21.4 Å². The van der Waals surface area contributed by atoms with Gasteiger partial charge in [0.1, 0.15) is 5.82 Å². The summed E-state index contributed by atoms with van der Waals surface area (Å²) < 4.78 is 6.62. The highest BCUT2D eigenvalue weighted by Crippen LogP contribution is 2.23. The average molecular weight is 374 g/mol. The van der Waals surface area contributed by atoms with Gasteiger partial charge in [0.05, 0.1) is 12.1 Å². The summed E-state index contributed by atoms with van der Waals surface area (Å²) in [7, 11) is 1.73. The molecule has 1 aromatic carbocycles. The van der Waals surface area contributed by atoms with Crippen molar-refractivity contribution in [1.82, 2.24) is 9.78 Å². The SMILES string of the molecule is Cn1nc(-c2ccc(Cl)cc2)cc1NC(=O)COC(=O)C[C@H]1C=CCC1. The molecule has 2 aromatic rings. The number of esters is 1. The Balaban J connectivity index is 1.53. The first-order chi connectivity index (χ1) is 12.5. The molecule has 0 bridgehead atoms. The molecule has 0 fully saturated rings. The Labute approximate surface area is 156 Å².